The van der Waals surface area contributed by atoms with Crippen molar-refractivity contribution in [3.05, 3.63) is 60.0 Å². The fourth-order valence-corrected chi connectivity index (χ4v) is 3.88. The van der Waals surface area contributed by atoms with Crippen molar-refractivity contribution in [2.24, 2.45) is 0 Å². The van der Waals surface area contributed by atoms with E-state index in [1.807, 2.05) is 48.4 Å². The Labute approximate surface area is 159 Å². The first-order chi connectivity index (χ1) is 13.2. The summed E-state index contributed by atoms with van der Waals surface area (Å²) < 4.78 is 2.24. The number of rotatable bonds is 4. The Morgan fingerprint density at radius 1 is 1.15 bits per heavy atom. The first kappa shape index (κ1) is 17.5. The minimum Gasteiger partial charge on any atom is -0.338 e. The number of aromatic nitrogens is 3. The van der Waals surface area contributed by atoms with E-state index < -0.39 is 0 Å². The standard InChI is InChI=1S/C21H25N5O/c1-16-24-19-8-5-12-22-20(19)26(16)18-10-14-25(15-11-18)21(27)23-13-9-17-6-3-2-4-7-17/h2-8,12,18H,9-11,13-15H2,1H3,(H,23,27). The lowest BCUT2D eigenvalue weighted by atomic mass is 10.0. The van der Waals surface area contributed by atoms with E-state index >= 15 is 0 Å². The first-order valence-electron chi connectivity index (χ1n) is 9.58. The number of aryl methyl sites for hydroxylation is 1. The summed E-state index contributed by atoms with van der Waals surface area (Å²) in [6.07, 6.45) is 4.52. The Morgan fingerprint density at radius 3 is 2.70 bits per heavy atom. The van der Waals surface area contributed by atoms with Crippen LogP contribution >= 0.6 is 0 Å². The highest BCUT2D eigenvalue weighted by Crippen LogP contribution is 2.27. The van der Waals surface area contributed by atoms with Crippen LogP contribution in [0.25, 0.3) is 11.2 Å². The predicted molar refractivity (Wildman–Crippen MR) is 106 cm³/mol. The Morgan fingerprint density at radius 2 is 1.93 bits per heavy atom. The highest BCUT2D eigenvalue weighted by atomic mass is 16.2. The van der Waals surface area contributed by atoms with Crippen LogP contribution in [0.15, 0.2) is 48.7 Å². The number of amides is 2. The zero-order valence-electron chi connectivity index (χ0n) is 15.6. The van der Waals surface area contributed by atoms with Crippen molar-refractivity contribution in [2.45, 2.75) is 32.2 Å². The molecule has 1 aliphatic rings. The summed E-state index contributed by atoms with van der Waals surface area (Å²) in [5, 5.41) is 3.05. The van der Waals surface area contributed by atoms with Gasteiger partial charge < -0.3 is 14.8 Å². The summed E-state index contributed by atoms with van der Waals surface area (Å²) in [6, 6.07) is 14.5. The van der Waals surface area contributed by atoms with Crippen LogP contribution < -0.4 is 5.32 Å². The molecular weight excluding hydrogens is 338 g/mol. The fraction of sp³-hybridized carbons (Fsp3) is 0.381. The van der Waals surface area contributed by atoms with Gasteiger partial charge in [-0.25, -0.2) is 14.8 Å². The molecule has 1 aliphatic heterocycles. The second kappa shape index (κ2) is 7.78. The van der Waals surface area contributed by atoms with Crippen LogP contribution in [0.5, 0.6) is 0 Å². The molecule has 1 saturated heterocycles. The molecule has 140 valence electrons. The van der Waals surface area contributed by atoms with Gasteiger partial charge in [0.15, 0.2) is 5.65 Å². The van der Waals surface area contributed by atoms with Gasteiger partial charge in [0.05, 0.1) is 0 Å². The van der Waals surface area contributed by atoms with Gasteiger partial charge in [0, 0.05) is 31.9 Å². The monoisotopic (exact) mass is 363 g/mol. The molecule has 0 aliphatic carbocycles. The maximum absolute atomic E-state index is 12.4. The highest BCUT2D eigenvalue weighted by Gasteiger charge is 2.26. The average molecular weight is 363 g/mol. The molecule has 1 N–H and O–H groups in total. The third kappa shape index (κ3) is 3.79. The number of hydrogen-bond donors (Lipinski definition) is 1. The number of carbonyl (C=O) groups excluding carboxylic acids is 1. The number of benzene rings is 1. The summed E-state index contributed by atoms with van der Waals surface area (Å²) in [6.45, 7) is 4.21. The van der Waals surface area contributed by atoms with Crippen LogP contribution in [0, 0.1) is 6.92 Å². The van der Waals surface area contributed by atoms with Gasteiger partial charge in [0.2, 0.25) is 0 Å². The second-order valence-electron chi connectivity index (χ2n) is 7.06. The molecule has 6 heteroatoms. The van der Waals surface area contributed by atoms with E-state index in [0.717, 1.165) is 49.3 Å². The maximum Gasteiger partial charge on any atom is 0.317 e. The van der Waals surface area contributed by atoms with E-state index in [-0.39, 0.29) is 6.03 Å². The third-order valence-corrected chi connectivity index (χ3v) is 5.27. The van der Waals surface area contributed by atoms with Crippen LogP contribution in [-0.4, -0.2) is 45.1 Å². The largest absolute Gasteiger partial charge is 0.338 e. The SMILES string of the molecule is Cc1nc2cccnc2n1C1CCN(C(=O)NCCc2ccccc2)CC1. The molecule has 3 aromatic rings. The number of pyridine rings is 1. The number of nitrogens with one attached hydrogen (secondary N) is 1. The van der Waals surface area contributed by atoms with Gasteiger partial charge in [-0.15, -0.1) is 0 Å². The van der Waals surface area contributed by atoms with Gasteiger partial charge in [0.25, 0.3) is 0 Å². The van der Waals surface area contributed by atoms with Crippen molar-refractivity contribution in [2.75, 3.05) is 19.6 Å². The Bertz CT molecular complexity index is 913. The van der Waals surface area contributed by atoms with Gasteiger partial charge in [-0.3, -0.25) is 0 Å². The molecule has 3 heterocycles. The molecule has 6 nitrogen and oxygen atoms in total. The molecule has 2 amide bonds. The molecule has 0 saturated carbocycles. The topological polar surface area (TPSA) is 63.1 Å². The van der Waals surface area contributed by atoms with Gasteiger partial charge in [-0.2, -0.15) is 0 Å². The first-order valence-corrected chi connectivity index (χ1v) is 9.58. The van der Waals surface area contributed by atoms with Gasteiger partial charge in [-0.05, 0) is 43.9 Å². The van der Waals surface area contributed by atoms with Crippen molar-refractivity contribution in [3.63, 3.8) is 0 Å². The minimum atomic E-state index is 0.0368. The number of urea groups is 1. The molecule has 0 unspecified atom stereocenters. The molecule has 1 aromatic carbocycles. The van der Waals surface area contributed by atoms with E-state index in [4.69, 9.17) is 0 Å². The zero-order valence-corrected chi connectivity index (χ0v) is 15.6. The Balaban J connectivity index is 1.32. The second-order valence-corrected chi connectivity index (χ2v) is 7.06. The highest BCUT2D eigenvalue weighted by molar-refractivity contribution is 5.74. The lowest BCUT2D eigenvalue weighted by Gasteiger charge is -2.33. The lowest BCUT2D eigenvalue weighted by Crippen LogP contribution is -2.45. The molecule has 27 heavy (non-hydrogen) atoms. The number of nitrogens with zero attached hydrogens (tertiary/aromatic N) is 4. The van der Waals surface area contributed by atoms with Crippen molar-refractivity contribution in [3.8, 4) is 0 Å². The molecule has 0 atom stereocenters. The predicted octanol–water partition coefficient (Wildman–Crippen LogP) is 3.33. The van der Waals surface area contributed by atoms with Gasteiger partial charge >= 0.3 is 6.03 Å². The molecule has 1 fully saturated rings. The summed E-state index contributed by atoms with van der Waals surface area (Å²) in [4.78, 5) is 23.5. The van der Waals surface area contributed by atoms with Gasteiger partial charge in [-0.1, -0.05) is 30.3 Å². The number of imidazole rings is 1. The molecule has 0 bridgehead atoms. The number of fused-ring (bicyclic) bond motifs is 1. The Kier molecular flexibility index (Phi) is 5.05. The third-order valence-electron chi connectivity index (χ3n) is 5.27. The summed E-state index contributed by atoms with van der Waals surface area (Å²) in [7, 11) is 0. The van der Waals surface area contributed by atoms with Crippen molar-refractivity contribution in [1.82, 2.24) is 24.8 Å². The van der Waals surface area contributed by atoms with Crippen LogP contribution in [0.2, 0.25) is 0 Å². The number of piperidine rings is 1. The molecular formula is C21H25N5O. The average Bonchev–Trinajstić information content (AvgIpc) is 3.04. The number of carbonyl (C=O) groups is 1. The maximum atomic E-state index is 12.4. The van der Waals surface area contributed by atoms with E-state index in [2.05, 4.69) is 32.0 Å². The molecule has 2 aromatic heterocycles. The van der Waals surface area contributed by atoms with Crippen molar-refractivity contribution >= 4 is 17.2 Å². The summed E-state index contributed by atoms with van der Waals surface area (Å²) >= 11 is 0. The van der Waals surface area contributed by atoms with Crippen molar-refractivity contribution in [1.29, 1.82) is 0 Å². The minimum absolute atomic E-state index is 0.0368. The number of likely N-dealkylation sites (tertiary alicyclic amines) is 1. The van der Waals surface area contributed by atoms with Crippen LogP contribution in [0.3, 0.4) is 0 Å². The summed E-state index contributed by atoms with van der Waals surface area (Å²) in [5.74, 6) is 0.995. The van der Waals surface area contributed by atoms with E-state index in [1.165, 1.54) is 5.56 Å². The fourth-order valence-electron chi connectivity index (χ4n) is 3.88. The van der Waals surface area contributed by atoms with Crippen LogP contribution in [-0.2, 0) is 6.42 Å². The molecule has 0 radical (unpaired) electrons. The van der Waals surface area contributed by atoms with E-state index in [9.17, 15) is 4.79 Å². The van der Waals surface area contributed by atoms with Crippen LogP contribution in [0.1, 0.15) is 30.3 Å². The van der Waals surface area contributed by atoms with Crippen LogP contribution in [0.4, 0.5) is 4.79 Å². The molecule has 4 rings (SSSR count). The summed E-state index contributed by atoms with van der Waals surface area (Å²) in [5.41, 5.74) is 3.13. The van der Waals surface area contributed by atoms with E-state index in [1.54, 1.807) is 0 Å². The zero-order chi connectivity index (χ0) is 18.6. The van der Waals surface area contributed by atoms with Gasteiger partial charge in [0.1, 0.15) is 11.3 Å². The molecule has 0 spiro atoms. The normalized spacial score (nSPS) is 15.2. The van der Waals surface area contributed by atoms with E-state index in [0.29, 0.717) is 12.6 Å². The van der Waals surface area contributed by atoms with Crippen molar-refractivity contribution < 1.29 is 4.79 Å². The number of hydrogen-bond acceptors (Lipinski definition) is 3. The quantitative estimate of drug-likeness (QED) is 0.773. The lowest BCUT2D eigenvalue weighted by molar-refractivity contribution is 0.172. The Hall–Kier alpha value is -2.89. The smallest absolute Gasteiger partial charge is 0.317 e.